The molecule has 3 aromatic carbocycles. The molecule has 1 aliphatic rings. The van der Waals surface area contributed by atoms with Gasteiger partial charge >= 0.3 is 0 Å². The van der Waals surface area contributed by atoms with Gasteiger partial charge in [-0.15, -0.1) is 0 Å². The summed E-state index contributed by atoms with van der Waals surface area (Å²) in [5, 5.41) is 3.00. The number of para-hydroxylation sites is 1. The molecule has 190 valence electrons. The van der Waals surface area contributed by atoms with Crippen LogP contribution < -0.4 is 19.5 Å². The SMILES string of the molecule is COc1ccc(NS(=O)(=O)c2cccc(C(=O)NC[C@H](c3ccccc3OC)N3CCCC3)c2)cc1. The quantitative estimate of drug-likeness (QED) is 0.428. The summed E-state index contributed by atoms with van der Waals surface area (Å²) in [5.74, 6) is 1.06. The van der Waals surface area contributed by atoms with E-state index in [1.165, 1.54) is 12.1 Å². The topological polar surface area (TPSA) is 97.0 Å². The summed E-state index contributed by atoms with van der Waals surface area (Å²) in [6.45, 7) is 2.27. The monoisotopic (exact) mass is 509 g/mol. The number of carbonyl (C=O) groups excluding carboxylic acids is 1. The van der Waals surface area contributed by atoms with E-state index in [4.69, 9.17) is 9.47 Å². The lowest BCUT2D eigenvalue weighted by molar-refractivity contribution is 0.0937. The summed E-state index contributed by atoms with van der Waals surface area (Å²) >= 11 is 0. The van der Waals surface area contributed by atoms with Gasteiger partial charge in [-0.2, -0.15) is 0 Å². The minimum absolute atomic E-state index is 0.00629. The number of amides is 1. The van der Waals surface area contributed by atoms with E-state index >= 15 is 0 Å². The van der Waals surface area contributed by atoms with Gasteiger partial charge in [0.1, 0.15) is 11.5 Å². The number of ether oxygens (including phenoxy) is 2. The maximum Gasteiger partial charge on any atom is 0.261 e. The van der Waals surface area contributed by atoms with Crippen molar-refractivity contribution in [1.29, 1.82) is 0 Å². The zero-order valence-corrected chi connectivity index (χ0v) is 21.3. The maximum atomic E-state index is 13.1. The van der Waals surface area contributed by atoms with Crippen LogP contribution in [0.2, 0.25) is 0 Å². The van der Waals surface area contributed by atoms with Crippen LogP contribution >= 0.6 is 0 Å². The van der Waals surface area contributed by atoms with Gasteiger partial charge < -0.3 is 14.8 Å². The van der Waals surface area contributed by atoms with Crippen molar-refractivity contribution >= 4 is 21.6 Å². The highest BCUT2D eigenvalue weighted by Crippen LogP contribution is 2.31. The number of nitrogens with one attached hydrogen (secondary N) is 2. The van der Waals surface area contributed by atoms with Crippen molar-refractivity contribution in [2.45, 2.75) is 23.8 Å². The number of rotatable bonds is 10. The van der Waals surface area contributed by atoms with Crippen molar-refractivity contribution in [2.75, 3.05) is 38.6 Å². The molecular formula is C27H31N3O5S. The fourth-order valence-electron chi connectivity index (χ4n) is 4.40. The summed E-state index contributed by atoms with van der Waals surface area (Å²) in [5.41, 5.74) is 1.69. The Morgan fingerprint density at radius 1 is 0.944 bits per heavy atom. The fraction of sp³-hybridized carbons (Fsp3) is 0.296. The van der Waals surface area contributed by atoms with E-state index < -0.39 is 10.0 Å². The zero-order chi connectivity index (χ0) is 25.5. The molecule has 1 fully saturated rings. The predicted molar refractivity (Wildman–Crippen MR) is 139 cm³/mol. The molecule has 36 heavy (non-hydrogen) atoms. The molecule has 0 saturated carbocycles. The van der Waals surface area contributed by atoms with E-state index in [-0.39, 0.29) is 22.4 Å². The van der Waals surface area contributed by atoms with Gasteiger partial charge in [-0.3, -0.25) is 14.4 Å². The highest BCUT2D eigenvalue weighted by Gasteiger charge is 2.26. The number of nitrogens with zero attached hydrogens (tertiary/aromatic N) is 1. The van der Waals surface area contributed by atoms with Crippen molar-refractivity contribution in [3.05, 3.63) is 83.9 Å². The van der Waals surface area contributed by atoms with Crippen molar-refractivity contribution in [3.8, 4) is 11.5 Å². The van der Waals surface area contributed by atoms with E-state index in [0.717, 1.165) is 37.2 Å². The Morgan fingerprint density at radius 2 is 1.67 bits per heavy atom. The highest BCUT2D eigenvalue weighted by molar-refractivity contribution is 7.92. The number of anilines is 1. The number of sulfonamides is 1. The Morgan fingerprint density at radius 3 is 2.36 bits per heavy atom. The molecule has 3 aromatic rings. The number of methoxy groups -OCH3 is 2. The summed E-state index contributed by atoms with van der Waals surface area (Å²) in [6, 6.07) is 20.4. The standard InChI is InChI=1S/C27H31N3O5S/c1-34-22-14-12-21(13-15-22)29-36(32,33)23-9-7-8-20(18-23)27(31)28-19-25(30-16-5-6-17-30)24-10-3-4-11-26(24)35-2/h3-4,7-15,18,25,29H,5-6,16-17,19H2,1-2H3,(H,28,31)/t25-/m1/s1. The first-order valence-corrected chi connectivity index (χ1v) is 13.3. The van der Waals surface area contributed by atoms with Gasteiger partial charge in [0.25, 0.3) is 15.9 Å². The molecule has 0 aliphatic carbocycles. The first kappa shape index (κ1) is 25.5. The van der Waals surface area contributed by atoms with E-state index in [2.05, 4.69) is 14.9 Å². The maximum absolute atomic E-state index is 13.1. The van der Waals surface area contributed by atoms with E-state index in [9.17, 15) is 13.2 Å². The van der Waals surface area contributed by atoms with Crippen molar-refractivity contribution in [1.82, 2.24) is 10.2 Å². The normalized spacial score (nSPS) is 14.7. The Hall–Kier alpha value is -3.56. The van der Waals surface area contributed by atoms with Crippen LogP contribution in [0.15, 0.2) is 77.7 Å². The minimum atomic E-state index is -3.88. The molecule has 8 nitrogen and oxygen atoms in total. The molecule has 1 saturated heterocycles. The van der Waals surface area contributed by atoms with E-state index in [1.807, 2.05) is 24.3 Å². The molecule has 0 aromatic heterocycles. The van der Waals surface area contributed by atoms with Crippen molar-refractivity contribution < 1.29 is 22.7 Å². The lowest BCUT2D eigenvalue weighted by Crippen LogP contribution is -2.37. The summed E-state index contributed by atoms with van der Waals surface area (Å²) in [4.78, 5) is 15.4. The zero-order valence-electron chi connectivity index (χ0n) is 20.4. The van der Waals surface area contributed by atoms with Crippen LogP contribution in [0.3, 0.4) is 0 Å². The number of hydrogen-bond acceptors (Lipinski definition) is 6. The average molecular weight is 510 g/mol. The van der Waals surface area contributed by atoms with Crippen LogP contribution in [0.4, 0.5) is 5.69 Å². The largest absolute Gasteiger partial charge is 0.497 e. The number of benzene rings is 3. The molecule has 0 radical (unpaired) electrons. The van der Waals surface area contributed by atoms with Crippen LogP contribution in [-0.4, -0.2) is 53.1 Å². The molecule has 1 amide bonds. The third-order valence-corrected chi connectivity index (χ3v) is 7.66. The van der Waals surface area contributed by atoms with Crippen molar-refractivity contribution in [3.63, 3.8) is 0 Å². The van der Waals surface area contributed by atoms with Crippen LogP contribution in [-0.2, 0) is 10.0 Å². The lowest BCUT2D eigenvalue weighted by Gasteiger charge is -2.29. The number of hydrogen-bond donors (Lipinski definition) is 2. The van der Waals surface area contributed by atoms with Gasteiger partial charge in [0.05, 0.1) is 25.2 Å². The third-order valence-electron chi connectivity index (χ3n) is 6.28. The predicted octanol–water partition coefficient (Wildman–Crippen LogP) is 4.07. The van der Waals surface area contributed by atoms with Crippen molar-refractivity contribution in [2.24, 2.45) is 0 Å². The Bertz CT molecular complexity index is 1290. The molecule has 0 spiro atoms. The molecule has 1 heterocycles. The lowest BCUT2D eigenvalue weighted by atomic mass is 10.0. The van der Waals surface area contributed by atoms with Gasteiger partial charge in [-0.1, -0.05) is 24.3 Å². The fourth-order valence-corrected chi connectivity index (χ4v) is 5.50. The van der Waals surface area contributed by atoms with Gasteiger partial charge in [0.2, 0.25) is 0 Å². The van der Waals surface area contributed by atoms with Crippen LogP contribution in [0.25, 0.3) is 0 Å². The molecular weight excluding hydrogens is 478 g/mol. The molecule has 0 bridgehead atoms. The molecule has 4 rings (SSSR count). The van der Waals surface area contributed by atoms with Gasteiger partial charge in [-0.05, 0) is 74.5 Å². The molecule has 9 heteroatoms. The first-order valence-electron chi connectivity index (χ1n) is 11.8. The summed E-state index contributed by atoms with van der Waals surface area (Å²) in [6.07, 6.45) is 2.22. The smallest absolute Gasteiger partial charge is 0.261 e. The third kappa shape index (κ3) is 5.98. The molecule has 2 N–H and O–H groups in total. The molecule has 0 unspecified atom stereocenters. The van der Waals surface area contributed by atoms with E-state index in [0.29, 0.717) is 18.0 Å². The van der Waals surface area contributed by atoms with Crippen LogP contribution in [0.1, 0.15) is 34.8 Å². The first-order chi connectivity index (χ1) is 17.4. The Balaban J connectivity index is 1.49. The number of likely N-dealkylation sites (tertiary alicyclic amines) is 1. The van der Waals surface area contributed by atoms with E-state index in [1.54, 1.807) is 50.6 Å². The Labute approximate surface area is 212 Å². The molecule has 1 aliphatic heterocycles. The Kier molecular flexibility index (Phi) is 8.12. The van der Waals surface area contributed by atoms with Crippen LogP contribution in [0.5, 0.6) is 11.5 Å². The average Bonchev–Trinajstić information content (AvgIpc) is 3.44. The second kappa shape index (κ2) is 11.5. The summed E-state index contributed by atoms with van der Waals surface area (Å²) < 4.78 is 39.1. The van der Waals surface area contributed by atoms with Crippen LogP contribution in [0, 0.1) is 0 Å². The highest BCUT2D eigenvalue weighted by atomic mass is 32.2. The second-order valence-electron chi connectivity index (χ2n) is 8.57. The summed E-state index contributed by atoms with van der Waals surface area (Å²) in [7, 11) is -0.697. The van der Waals surface area contributed by atoms with Gasteiger partial charge in [-0.25, -0.2) is 8.42 Å². The van der Waals surface area contributed by atoms with Gasteiger partial charge in [0.15, 0.2) is 0 Å². The second-order valence-corrected chi connectivity index (χ2v) is 10.3. The number of carbonyl (C=O) groups is 1. The minimum Gasteiger partial charge on any atom is -0.497 e. The molecule has 1 atom stereocenters. The van der Waals surface area contributed by atoms with Gasteiger partial charge in [0, 0.05) is 23.4 Å².